The van der Waals surface area contributed by atoms with Crippen LogP contribution in [-0.4, -0.2) is 44.7 Å². The van der Waals surface area contributed by atoms with Crippen LogP contribution >= 0.6 is 0 Å². The van der Waals surface area contributed by atoms with Gasteiger partial charge in [0.15, 0.2) is 11.5 Å². The largest absolute Gasteiger partial charge is 0.493 e. The molecule has 0 aliphatic rings. The van der Waals surface area contributed by atoms with Gasteiger partial charge in [-0.05, 0) is 49.4 Å². The van der Waals surface area contributed by atoms with E-state index in [9.17, 15) is 14.0 Å². The molecular formula is C20H24FN3O4. The quantitative estimate of drug-likeness (QED) is 0.761. The zero-order chi connectivity index (χ0) is 20.7. The van der Waals surface area contributed by atoms with Crippen LogP contribution in [0.1, 0.15) is 11.1 Å². The number of amides is 3. The molecule has 2 aromatic carbocycles. The third kappa shape index (κ3) is 5.68. The second-order valence-electron chi connectivity index (χ2n) is 6.29. The first kappa shape index (κ1) is 21.2. The van der Waals surface area contributed by atoms with E-state index in [1.54, 1.807) is 32.2 Å². The molecule has 2 rings (SSSR count). The number of ether oxygens (including phenoxy) is 2. The van der Waals surface area contributed by atoms with Crippen molar-refractivity contribution in [2.45, 2.75) is 13.5 Å². The van der Waals surface area contributed by atoms with E-state index in [-0.39, 0.29) is 12.2 Å². The molecule has 0 atom stereocenters. The lowest BCUT2D eigenvalue weighted by molar-refractivity contribution is -0.120. The Labute approximate surface area is 163 Å². The van der Waals surface area contributed by atoms with Crippen molar-refractivity contribution in [1.82, 2.24) is 10.2 Å². The van der Waals surface area contributed by atoms with Crippen molar-refractivity contribution >= 4 is 17.6 Å². The van der Waals surface area contributed by atoms with Crippen molar-refractivity contribution < 1.29 is 23.5 Å². The van der Waals surface area contributed by atoms with Crippen LogP contribution in [0.4, 0.5) is 14.9 Å². The summed E-state index contributed by atoms with van der Waals surface area (Å²) in [5.74, 6) is 0.153. The molecule has 28 heavy (non-hydrogen) atoms. The highest BCUT2D eigenvalue weighted by Gasteiger charge is 2.14. The Hall–Kier alpha value is -3.13. The van der Waals surface area contributed by atoms with E-state index in [4.69, 9.17) is 9.47 Å². The maximum atomic E-state index is 13.5. The van der Waals surface area contributed by atoms with E-state index in [1.165, 1.54) is 18.2 Å². The lowest BCUT2D eigenvalue weighted by atomic mass is 10.1. The molecular weight excluding hydrogens is 365 g/mol. The van der Waals surface area contributed by atoms with Crippen LogP contribution in [-0.2, 0) is 11.3 Å². The Kier molecular flexibility index (Phi) is 7.34. The molecule has 0 aliphatic carbocycles. The number of likely N-dealkylation sites (N-methyl/N-ethyl adjacent to an activating group) is 1. The van der Waals surface area contributed by atoms with Gasteiger partial charge in [0.05, 0.1) is 26.5 Å². The normalized spacial score (nSPS) is 10.5. The number of nitrogens with one attached hydrogen (secondary N) is 2. The second kappa shape index (κ2) is 9.70. The first-order chi connectivity index (χ1) is 13.3. The van der Waals surface area contributed by atoms with Crippen LogP contribution in [0.25, 0.3) is 0 Å². The van der Waals surface area contributed by atoms with Crippen molar-refractivity contribution in [2.24, 2.45) is 0 Å². The number of carbonyl (C=O) groups excluding carboxylic acids is 2. The summed E-state index contributed by atoms with van der Waals surface area (Å²) in [6.07, 6.45) is 0. The standard InChI is InChI=1S/C20H24FN3O4/c1-13-9-17(27-3)18(28-4)10-14(13)11-24(2)12-19(25)23-20(26)22-16-8-6-5-7-15(16)21/h5-10H,11-12H2,1-4H3,(H2,22,23,25,26). The van der Waals surface area contributed by atoms with Crippen molar-refractivity contribution in [2.75, 3.05) is 33.1 Å². The van der Waals surface area contributed by atoms with Crippen LogP contribution < -0.4 is 20.1 Å². The number of rotatable bonds is 7. The van der Waals surface area contributed by atoms with E-state index in [2.05, 4.69) is 10.6 Å². The maximum absolute atomic E-state index is 13.5. The number of anilines is 1. The third-order valence-electron chi connectivity index (χ3n) is 4.07. The van der Waals surface area contributed by atoms with Crippen LogP contribution in [0.15, 0.2) is 36.4 Å². The van der Waals surface area contributed by atoms with Gasteiger partial charge in [0.25, 0.3) is 0 Å². The van der Waals surface area contributed by atoms with Gasteiger partial charge in [0.2, 0.25) is 5.91 Å². The van der Waals surface area contributed by atoms with Crippen molar-refractivity contribution in [3.05, 3.63) is 53.3 Å². The Morgan fingerprint density at radius 3 is 2.39 bits per heavy atom. The fraction of sp³-hybridized carbons (Fsp3) is 0.300. The smallest absolute Gasteiger partial charge is 0.326 e. The fourth-order valence-electron chi connectivity index (χ4n) is 2.67. The summed E-state index contributed by atoms with van der Waals surface area (Å²) in [4.78, 5) is 25.7. The summed E-state index contributed by atoms with van der Waals surface area (Å²) < 4.78 is 24.1. The number of urea groups is 1. The molecule has 8 heteroatoms. The number of methoxy groups -OCH3 is 2. The number of para-hydroxylation sites is 1. The monoisotopic (exact) mass is 389 g/mol. The van der Waals surface area contributed by atoms with Gasteiger partial charge in [-0.1, -0.05) is 12.1 Å². The van der Waals surface area contributed by atoms with Crippen LogP contribution in [0.3, 0.4) is 0 Å². The lowest BCUT2D eigenvalue weighted by Crippen LogP contribution is -2.40. The summed E-state index contributed by atoms with van der Waals surface area (Å²) in [7, 11) is 4.88. The molecule has 0 aromatic heterocycles. The molecule has 2 aromatic rings. The zero-order valence-electron chi connectivity index (χ0n) is 16.3. The molecule has 0 heterocycles. The highest BCUT2D eigenvalue weighted by molar-refractivity contribution is 6.01. The molecule has 0 saturated carbocycles. The van der Waals surface area contributed by atoms with Gasteiger partial charge in [-0.15, -0.1) is 0 Å². The minimum Gasteiger partial charge on any atom is -0.493 e. The number of nitrogens with zero attached hydrogens (tertiary/aromatic N) is 1. The van der Waals surface area contributed by atoms with Gasteiger partial charge in [0, 0.05) is 6.54 Å². The predicted molar refractivity (Wildman–Crippen MR) is 104 cm³/mol. The molecule has 0 bridgehead atoms. The lowest BCUT2D eigenvalue weighted by Gasteiger charge is -2.19. The highest BCUT2D eigenvalue weighted by atomic mass is 19.1. The van der Waals surface area contributed by atoms with E-state index in [0.29, 0.717) is 18.0 Å². The molecule has 0 fully saturated rings. The zero-order valence-corrected chi connectivity index (χ0v) is 16.3. The molecule has 3 amide bonds. The predicted octanol–water partition coefficient (Wildman–Crippen LogP) is 2.93. The Morgan fingerprint density at radius 1 is 1.11 bits per heavy atom. The molecule has 150 valence electrons. The topological polar surface area (TPSA) is 79.9 Å². The minimum atomic E-state index is -0.786. The van der Waals surface area contributed by atoms with Crippen molar-refractivity contribution in [3.8, 4) is 11.5 Å². The number of benzene rings is 2. The van der Waals surface area contributed by atoms with Gasteiger partial charge in [0.1, 0.15) is 5.82 Å². The van der Waals surface area contributed by atoms with Gasteiger partial charge in [-0.25, -0.2) is 9.18 Å². The molecule has 0 spiro atoms. The Morgan fingerprint density at radius 2 is 1.75 bits per heavy atom. The van der Waals surface area contributed by atoms with E-state index < -0.39 is 17.8 Å². The summed E-state index contributed by atoms with van der Waals surface area (Å²) >= 11 is 0. The summed E-state index contributed by atoms with van der Waals surface area (Å²) in [6.45, 7) is 2.39. The molecule has 7 nitrogen and oxygen atoms in total. The average Bonchev–Trinajstić information content (AvgIpc) is 2.64. The molecule has 0 radical (unpaired) electrons. The molecule has 0 unspecified atom stereocenters. The van der Waals surface area contributed by atoms with Crippen molar-refractivity contribution in [3.63, 3.8) is 0 Å². The summed E-state index contributed by atoms with van der Waals surface area (Å²) in [5.41, 5.74) is 1.95. The minimum absolute atomic E-state index is 0.00195. The highest BCUT2D eigenvalue weighted by Crippen LogP contribution is 2.30. The number of carbonyl (C=O) groups is 2. The third-order valence-corrected chi connectivity index (χ3v) is 4.07. The Balaban J connectivity index is 1.92. The number of hydrogen-bond donors (Lipinski definition) is 2. The SMILES string of the molecule is COc1cc(C)c(CN(C)CC(=O)NC(=O)Nc2ccccc2F)cc1OC. The maximum Gasteiger partial charge on any atom is 0.326 e. The first-order valence-electron chi connectivity index (χ1n) is 8.59. The van der Waals surface area contributed by atoms with Crippen LogP contribution in [0, 0.1) is 12.7 Å². The second-order valence-corrected chi connectivity index (χ2v) is 6.29. The van der Waals surface area contributed by atoms with Gasteiger partial charge in [-0.3, -0.25) is 15.0 Å². The molecule has 0 aliphatic heterocycles. The van der Waals surface area contributed by atoms with Crippen molar-refractivity contribution in [1.29, 1.82) is 0 Å². The number of aryl methyl sites for hydroxylation is 1. The molecule has 2 N–H and O–H groups in total. The van der Waals surface area contributed by atoms with Crippen LogP contribution in [0.5, 0.6) is 11.5 Å². The fourth-order valence-corrected chi connectivity index (χ4v) is 2.67. The average molecular weight is 389 g/mol. The number of imide groups is 1. The van der Waals surface area contributed by atoms with E-state index in [1.807, 2.05) is 19.1 Å². The van der Waals surface area contributed by atoms with Gasteiger partial charge in [-0.2, -0.15) is 0 Å². The Bertz CT molecular complexity index is 857. The van der Waals surface area contributed by atoms with Gasteiger partial charge < -0.3 is 14.8 Å². The van der Waals surface area contributed by atoms with E-state index in [0.717, 1.165) is 11.1 Å². The number of hydrogen-bond acceptors (Lipinski definition) is 5. The first-order valence-corrected chi connectivity index (χ1v) is 8.59. The molecule has 0 saturated heterocycles. The van der Waals surface area contributed by atoms with E-state index >= 15 is 0 Å². The van der Waals surface area contributed by atoms with Crippen LogP contribution in [0.2, 0.25) is 0 Å². The summed E-state index contributed by atoms with van der Waals surface area (Å²) in [6, 6.07) is 8.65. The number of halogens is 1. The van der Waals surface area contributed by atoms with Gasteiger partial charge >= 0.3 is 6.03 Å². The summed E-state index contributed by atoms with van der Waals surface area (Å²) in [5, 5.41) is 4.49.